The highest BCUT2D eigenvalue weighted by atomic mass is 79.9. The third-order valence-corrected chi connectivity index (χ3v) is 4.58. The van der Waals surface area contributed by atoms with Gasteiger partial charge in [-0.15, -0.1) is 0 Å². The lowest BCUT2D eigenvalue weighted by Gasteiger charge is -2.32. The van der Waals surface area contributed by atoms with E-state index in [1.54, 1.807) is 12.1 Å². The molecule has 2 amide bonds. The molecule has 0 aliphatic carbocycles. The van der Waals surface area contributed by atoms with Crippen molar-refractivity contribution in [3.05, 3.63) is 28.7 Å². The van der Waals surface area contributed by atoms with Crippen molar-refractivity contribution in [3.63, 3.8) is 0 Å². The summed E-state index contributed by atoms with van der Waals surface area (Å²) in [5.74, 6) is -2.90. The minimum atomic E-state index is -5.16. The fourth-order valence-corrected chi connectivity index (χ4v) is 2.85. The molecule has 0 saturated heterocycles. The Kier molecular flexibility index (Phi) is 6.63. The standard InChI is InChI=1S/C17H19BrF3N3O3/c1-2-3-4-5-13-10-16(27,17(19,20)21)24(23-13)15(26)14(25)22-12-8-6-11(18)7-9-12/h6-9,27H,2-5,10H2,1H3,(H,22,25)/t16-/m1/s1. The van der Waals surface area contributed by atoms with E-state index in [-0.39, 0.29) is 22.8 Å². The van der Waals surface area contributed by atoms with Gasteiger partial charge in [0.15, 0.2) is 0 Å². The van der Waals surface area contributed by atoms with Crippen LogP contribution in [0.25, 0.3) is 0 Å². The monoisotopic (exact) mass is 449 g/mol. The first-order chi connectivity index (χ1) is 12.6. The molecule has 1 heterocycles. The van der Waals surface area contributed by atoms with Crippen LogP contribution in [0.3, 0.4) is 0 Å². The molecule has 0 fully saturated rings. The number of alkyl halides is 3. The molecule has 0 radical (unpaired) electrons. The predicted molar refractivity (Wildman–Crippen MR) is 96.8 cm³/mol. The zero-order valence-corrected chi connectivity index (χ0v) is 16.1. The van der Waals surface area contributed by atoms with Crippen LogP contribution in [0.2, 0.25) is 0 Å². The van der Waals surface area contributed by atoms with Gasteiger partial charge in [0.1, 0.15) is 0 Å². The average Bonchev–Trinajstić information content (AvgIpc) is 2.94. The van der Waals surface area contributed by atoms with E-state index in [1.807, 2.05) is 6.92 Å². The van der Waals surface area contributed by atoms with E-state index in [2.05, 4.69) is 26.3 Å². The number of aliphatic hydroxyl groups is 1. The van der Waals surface area contributed by atoms with E-state index >= 15 is 0 Å². The lowest BCUT2D eigenvalue weighted by Crippen LogP contribution is -2.58. The normalized spacial score (nSPS) is 19.8. The second-order valence-electron chi connectivity index (χ2n) is 6.19. The number of carbonyl (C=O) groups excluding carboxylic acids is 2. The number of carbonyl (C=O) groups is 2. The molecular formula is C17H19BrF3N3O3. The number of hydrazone groups is 1. The maximum atomic E-state index is 13.4. The van der Waals surface area contributed by atoms with Crippen LogP contribution in [0.5, 0.6) is 0 Å². The smallest absolute Gasteiger partial charge is 0.362 e. The molecule has 2 N–H and O–H groups in total. The molecule has 1 aromatic carbocycles. The summed E-state index contributed by atoms with van der Waals surface area (Å²) < 4.78 is 40.9. The molecule has 0 bridgehead atoms. The van der Waals surface area contributed by atoms with E-state index in [9.17, 15) is 27.9 Å². The van der Waals surface area contributed by atoms with Crippen molar-refractivity contribution >= 4 is 39.1 Å². The largest absolute Gasteiger partial charge is 0.438 e. The molecule has 10 heteroatoms. The third-order valence-electron chi connectivity index (χ3n) is 4.05. The van der Waals surface area contributed by atoms with Crippen LogP contribution in [0.15, 0.2) is 33.8 Å². The van der Waals surface area contributed by atoms with Gasteiger partial charge in [-0.25, -0.2) is 0 Å². The minimum Gasteiger partial charge on any atom is -0.362 e. The first kappa shape index (κ1) is 21.4. The van der Waals surface area contributed by atoms with Crippen molar-refractivity contribution in [2.75, 3.05) is 5.32 Å². The molecule has 2 rings (SSSR count). The number of rotatable bonds is 5. The number of nitrogens with zero attached hydrogens (tertiary/aromatic N) is 2. The van der Waals surface area contributed by atoms with Gasteiger partial charge in [-0.05, 0) is 37.1 Å². The van der Waals surface area contributed by atoms with Gasteiger partial charge in [-0.3, -0.25) is 9.59 Å². The highest BCUT2D eigenvalue weighted by molar-refractivity contribution is 9.10. The predicted octanol–water partition coefficient (Wildman–Crippen LogP) is 3.81. The number of amides is 2. The summed E-state index contributed by atoms with van der Waals surface area (Å²) in [4.78, 5) is 24.4. The van der Waals surface area contributed by atoms with E-state index in [0.717, 1.165) is 17.3 Å². The fourth-order valence-electron chi connectivity index (χ4n) is 2.58. The zero-order valence-electron chi connectivity index (χ0n) is 14.5. The van der Waals surface area contributed by atoms with Crippen molar-refractivity contribution < 1.29 is 27.9 Å². The van der Waals surface area contributed by atoms with Crippen LogP contribution in [-0.2, 0) is 9.59 Å². The topological polar surface area (TPSA) is 82.0 Å². The van der Waals surface area contributed by atoms with Gasteiger partial charge in [0.05, 0.1) is 0 Å². The molecule has 1 aromatic rings. The number of halogens is 4. The van der Waals surface area contributed by atoms with Crippen LogP contribution in [0, 0.1) is 0 Å². The van der Waals surface area contributed by atoms with Gasteiger partial charge >= 0.3 is 18.0 Å². The van der Waals surface area contributed by atoms with Gasteiger partial charge in [-0.1, -0.05) is 35.7 Å². The van der Waals surface area contributed by atoms with E-state index in [1.165, 1.54) is 12.1 Å². The Bertz CT molecular complexity index is 737. The summed E-state index contributed by atoms with van der Waals surface area (Å²) in [6.45, 7) is 1.94. The van der Waals surface area contributed by atoms with Crippen LogP contribution in [0.4, 0.5) is 18.9 Å². The van der Waals surface area contributed by atoms with Gasteiger partial charge in [-0.2, -0.15) is 23.3 Å². The number of benzene rings is 1. The molecule has 0 saturated carbocycles. The number of nitrogens with one attached hydrogen (secondary N) is 1. The lowest BCUT2D eigenvalue weighted by molar-refractivity contribution is -0.301. The third kappa shape index (κ3) is 4.86. The van der Waals surface area contributed by atoms with E-state index in [4.69, 9.17) is 0 Å². The van der Waals surface area contributed by atoms with Gasteiger partial charge < -0.3 is 10.4 Å². The van der Waals surface area contributed by atoms with Crippen molar-refractivity contribution in [2.24, 2.45) is 5.10 Å². The van der Waals surface area contributed by atoms with Gasteiger partial charge in [0.25, 0.3) is 5.72 Å². The van der Waals surface area contributed by atoms with Crippen LogP contribution >= 0.6 is 15.9 Å². The second-order valence-corrected chi connectivity index (χ2v) is 7.11. The second kappa shape index (κ2) is 8.39. The Hall–Kier alpha value is -1.94. The summed E-state index contributed by atoms with van der Waals surface area (Å²) in [7, 11) is 0. The zero-order chi connectivity index (χ0) is 20.2. The Morgan fingerprint density at radius 2 is 1.93 bits per heavy atom. The number of hydrogen-bond donors (Lipinski definition) is 2. The van der Waals surface area contributed by atoms with Crippen molar-refractivity contribution in [2.45, 2.75) is 50.9 Å². The molecule has 1 aliphatic rings. The number of anilines is 1. The quantitative estimate of drug-likeness (QED) is 0.529. The first-order valence-electron chi connectivity index (χ1n) is 8.35. The van der Waals surface area contributed by atoms with Crippen LogP contribution in [-0.4, -0.2) is 39.5 Å². The molecule has 27 heavy (non-hydrogen) atoms. The Morgan fingerprint density at radius 1 is 1.30 bits per heavy atom. The van der Waals surface area contributed by atoms with E-state index in [0.29, 0.717) is 6.42 Å². The van der Waals surface area contributed by atoms with Gasteiger partial charge in [0.2, 0.25) is 0 Å². The molecule has 0 spiro atoms. The van der Waals surface area contributed by atoms with Crippen LogP contribution < -0.4 is 5.32 Å². The molecular weight excluding hydrogens is 431 g/mol. The summed E-state index contributed by atoms with van der Waals surface area (Å²) >= 11 is 3.20. The summed E-state index contributed by atoms with van der Waals surface area (Å²) in [6, 6.07) is 6.11. The van der Waals surface area contributed by atoms with Crippen molar-refractivity contribution in [1.82, 2.24) is 5.01 Å². The summed E-state index contributed by atoms with van der Waals surface area (Å²) in [5, 5.41) is 15.8. The highest BCUT2D eigenvalue weighted by Gasteiger charge is 2.63. The Morgan fingerprint density at radius 3 is 2.48 bits per heavy atom. The minimum absolute atomic E-state index is 0.0352. The number of hydrogen-bond acceptors (Lipinski definition) is 4. The lowest BCUT2D eigenvalue weighted by atomic mass is 10.0. The summed E-state index contributed by atoms with van der Waals surface area (Å²) in [6.07, 6.45) is -3.59. The molecule has 148 valence electrons. The maximum absolute atomic E-state index is 13.4. The van der Waals surface area contributed by atoms with Crippen molar-refractivity contribution in [3.8, 4) is 0 Å². The molecule has 0 aromatic heterocycles. The highest BCUT2D eigenvalue weighted by Crippen LogP contribution is 2.41. The fraction of sp³-hybridized carbons (Fsp3) is 0.471. The maximum Gasteiger partial charge on any atom is 0.438 e. The molecule has 6 nitrogen and oxygen atoms in total. The van der Waals surface area contributed by atoms with Crippen molar-refractivity contribution in [1.29, 1.82) is 0 Å². The van der Waals surface area contributed by atoms with Crippen LogP contribution in [0.1, 0.15) is 39.0 Å². The SMILES string of the molecule is CCCCCC1=NN(C(=O)C(=O)Nc2ccc(Br)cc2)[C@](O)(C(F)(F)F)C1. The van der Waals surface area contributed by atoms with E-state index < -0.39 is 30.1 Å². The molecule has 1 aliphatic heterocycles. The Balaban J connectivity index is 2.20. The molecule has 1 atom stereocenters. The molecule has 0 unspecified atom stereocenters. The Labute approximate surface area is 162 Å². The average molecular weight is 450 g/mol. The summed E-state index contributed by atoms with van der Waals surface area (Å²) in [5.41, 5.74) is -3.27. The number of unbranched alkanes of at least 4 members (excludes halogenated alkanes) is 2. The van der Waals surface area contributed by atoms with Gasteiger partial charge in [0, 0.05) is 22.3 Å². The first-order valence-corrected chi connectivity index (χ1v) is 9.14.